The van der Waals surface area contributed by atoms with Crippen molar-refractivity contribution in [2.75, 3.05) is 0 Å². The maximum atomic E-state index is 9.87. The molecule has 0 saturated carbocycles. The summed E-state index contributed by atoms with van der Waals surface area (Å²) in [7, 11) is 0. The van der Waals surface area contributed by atoms with E-state index in [2.05, 4.69) is 0 Å². The van der Waals surface area contributed by atoms with Gasteiger partial charge >= 0.3 is 0 Å². The summed E-state index contributed by atoms with van der Waals surface area (Å²) >= 11 is 6.17. The maximum Gasteiger partial charge on any atom is 0.0938 e. The van der Waals surface area contributed by atoms with Crippen molar-refractivity contribution in [3.8, 4) is 0 Å². The molecule has 0 radical (unpaired) electrons. The van der Waals surface area contributed by atoms with Crippen LogP contribution in [0, 0.1) is 0 Å². The predicted molar refractivity (Wildman–Crippen MR) is 62.1 cm³/mol. The van der Waals surface area contributed by atoms with Gasteiger partial charge in [0, 0.05) is 11.1 Å². The zero-order valence-electron chi connectivity index (χ0n) is 8.83. The summed E-state index contributed by atoms with van der Waals surface area (Å²) in [5.74, 6) is 0. The Morgan fingerprint density at radius 3 is 2.80 bits per heavy atom. The lowest BCUT2D eigenvalue weighted by molar-refractivity contribution is 0.153. The molecule has 0 heterocycles. The predicted octanol–water partition coefficient (Wildman–Crippen LogP) is 2.21. The van der Waals surface area contributed by atoms with E-state index in [1.54, 1.807) is 6.92 Å². The van der Waals surface area contributed by atoms with Crippen LogP contribution in [0.2, 0.25) is 5.02 Å². The van der Waals surface area contributed by atoms with Gasteiger partial charge in [-0.2, -0.15) is 0 Å². The van der Waals surface area contributed by atoms with Crippen molar-refractivity contribution in [1.29, 1.82) is 0 Å². The first kappa shape index (κ1) is 10.9. The number of aliphatic hydroxyl groups excluding tert-OH is 1. The molecular weight excluding hydrogens is 210 g/mol. The third-order valence-corrected chi connectivity index (χ3v) is 3.36. The second kappa shape index (κ2) is 4.12. The van der Waals surface area contributed by atoms with Crippen LogP contribution in [0.15, 0.2) is 12.1 Å². The molecule has 1 aromatic carbocycles. The molecule has 0 saturated heterocycles. The lowest BCUT2D eigenvalue weighted by Gasteiger charge is -2.16. The Morgan fingerprint density at radius 1 is 1.40 bits per heavy atom. The number of aliphatic hydroxyl groups is 1. The van der Waals surface area contributed by atoms with Crippen LogP contribution in [-0.2, 0) is 12.8 Å². The van der Waals surface area contributed by atoms with E-state index in [9.17, 15) is 5.11 Å². The smallest absolute Gasteiger partial charge is 0.0938 e. The Kier molecular flexibility index (Phi) is 3.01. The molecule has 0 fully saturated rings. The summed E-state index contributed by atoms with van der Waals surface area (Å²) in [6.45, 7) is 1.80. The molecule has 0 aromatic heterocycles. The Labute approximate surface area is 95.1 Å². The fourth-order valence-electron chi connectivity index (χ4n) is 2.15. The van der Waals surface area contributed by atoms with E-state index in [0.717, 1.165) is 29.8 Å². The van der Waals surface area contributed by atoms with Crippen molar-refractivity contribution < 1.29 is 5.11 Å². The zero-order valence-corrected chi connectivity index (χ0v) is 9.59. The van der Waals surface area contributed by atoms with E-state index in [4.69, 9.17) is 17.3 Å². The second-order valence-electron chi connectivity index (χ2n) is 4.30. The molecule has 3 heteroatoms. The molecule has 1 aliphatic carbocycles. The summed E-state index contributed by atoms with van der Waals surface area (Å²) in [5, 5.41) is 10.6. The minimum atomic E-state index is -0.617. The minimum Gasteiger partial charge on any atom is -0.387 e. The number of aryl methyl sites for hydroxylation is 1. The number of hydrogen-bond acceptors (Lipinski definition) is 2. The number of rotatable bonds is 2. The molecule has 0 bridgehead atoms. The standard InChI is InChI=1S/C12H16ClNO/c1-7(14)12(15)9-5-8-3-2-4-10(8)11(13)6-9/h5-7,12,15H,2-4,14H2,1H3. The van der Waals surface area contributed by atoms with Gasteiger partial charge in [-0.15, -0.1) is 0 Å². The molecule has 2 rings (SSSR count). The Bertz CT molecular complexity index is 376. The van der Waals surface area contributed by atoms with Gasteiger partial charge in [-0.25, -0.2) is 0 Å². The molecule has 82 valence electrons. The third-order valence-electron chi connectivity index (χ3n) is 3.02. The first-order valence-corrected chi connectivity index (χ1v) is 5.72. The minimum absolute atomic E-state index is 0.263. The van der Waals surface area contributed by atoms with Crippen molar-refractivity contribution in [2.24, 2.45) is 5.73 Å². The highest BCUT2D eigenvalue weighted by atomic mass is 35.5. The van der Waals surface area contributed by atoms with Crippen LogP contribution < -0.4 is 5.73 Å². The van der Waals surface area contributed by atoms with Gasteiger partial charge in [-0.3, -0.25) is 0 Å². The lowest BCUT2D eigenvalue weighted by Crippen LogP contribution is -2.24. The molecule has 15 heavy (non-hydrogen) atoms. The highest BCUT2D eigenvalue weighted by Gasteiger charge is 2.19. The van der Waals surface area contributed by atoms with Crippen LogP contribution in [0.25, 0.3) is 0 Å². The van der Waals surface area contributed by atoms with Crippen molar-refractivity contribution in [1.82, 2.24) is 0 Å². The van der Waals surface area contributed by atoms with Gasteiger partial charge in [-0.05, 0) is 48.9 Å². The van der Waals surface area contributed by atoms with Gasteiger partial charge in [0.05, 0.1) is 6.10 Å². The second-order valence-corrected chi connectivity index (χ2v) is 4.71. The first-order valence-electron chi connectivity index (χ1n) is 5.34. The molecule has 0 aliphatic heterocycles. The van der Waals surface area contributed by atoms with E-state index in [1.807, 2.05) is 12.1 Å². The average Bonchev–Trinajstić information content (AvgIpc) is 2.64. The van der Waals surface area contributed by atoms with Crippen LogP contribution in [0.3, 0.4) is 0 Å². The quantitative estimate of drug-likeness (QED) is 0.811. The fraction of sp³-hybridized carbons (Fsp3) is 0.500. The highest BCUT2D eigenvalue weighted by Crippen LogP contribution is 2.32. The lowest BCUT2D eigenvalue weighted by atomic mass is 9.99. The topological polar surface area (TPSA) is 46.2 Å². The number of nitrogens with two attached hydrogens (primary N) is 1. The van der Waals surface area contributed by atoms with Crippen molar-refractivity contribution in [2.45, 2.75) is 38.3 Å². The normalized spacial score (nSPS) is 18.7. The number of fused-ring (bicyclic) bond motifs is 1. The van der Waals surface area contributed by atoms with E-state index < -0.39 is 6.10 Å². The van der Waals surface area contributed by atoms with Gasteiger partial charge in [0.15, 0.2) is 0 Å². The summed E-state index contributed by atoms with van der Waals surface area (Å²) < 4.78 is 0. The van der Waals surface area contributed by atoms with E-state index in [0.29, 0.717) is 0 Å². The molecule has 1 aromatic rings. The maximum absolute atomic E-state index is 9.87. The van der Waals surface area contributed by atoms with Crippen molar-refractivity contribution in [3.63, 3.8) is 0 Å². The number of halogens is 1. The Hall–Kier alpha value is -0.570. The van der Waals surface area contributed by atoms with E-state index in [-0.39, 0.29) is 6.04 Å². The number of benzene rings is 1. The number of hydrogen-bond donors (Lipinski definition) is 2. The van der Waals surface area contributed by atoms with Crippen LogP contribution in [-0.4, -0.2) is 11.1 Å². The first-order chi connectivity index (χ1) is 7.09. The highest BCUT2D eigenvalue weighted by molar-refractivity contribution is 6.31. The molecular formula is C12H16ClNO. The molecule has 0 spiro atoms. The Balaban J connectivity index is 2.39. The van der Waals surface area contributed by atoms with Crippen LogP contribution in [0.5, 0.6) is 0 Å². The molecule has 2 nitrogen and oxygen atoms in total. The molecule has 3 N–H and O–H groups in total. The van der Waals surface area contributed by atoms with Crippen LogP contribution in [0.1, 0.15) is 36.1 Å². The van der Waals surface area contributed by atoms with Crippen molar-refractivity contribution >= 4 is 11.6 Å². The molecule has 0 amide bonds. The van der Waals surface area contributed by atoms with Gasteiger partial charge in [0.25, 0.3) is 0 Å². The van der Waals surface area contributed by atoms with Gasteiger partial charge in [-0.1, -0.05) is 17.7 Å². The zero-order chi connectivity index (χ0) is 11.0. The molecule has 1 aliphatic rings. The Morgan fingerprint density at radius 2 is 2.13 bits per heavy atom. The fourth-order valence-corrected chi connectivity index (χ4v) is 2.49. The van der Waals surface area contributed by atoms with E-state index >= 15 is 0 Å². The SMILES string of the molecule is CC(N)C(O)c1cc(Cl)c2c(c1)CCC2. The van der Waals surface area contributed by atoms with Gasteiger partial charge < -0.3 is 10.8 Å². The monoisotopic (exact) mass is 225 g/mol. The summed E-state index contributed by atoms with van der Waals surface area (Å²) in [6.07, 6.45) is 2.66. The van der Waals surface area contributed by atoms with Gasteiger partial charge in [0.2, 0.25) is 0 Å². The van der Waals surface area contributed by atoms with Crippen molar-refractivity contribution in [3.05, 3.63) is 33.8 Å². The summed E-state index contributed by atoms with van der Waals surface area (Å²) in [6, 6.07) is 3.63. The van der Waals surface area contributed by atoms with Crippen LogP contribution in [0.4, 0.5) is 0 Å². The summed E-state index contributed by atoms with van der Waals surface area (Å²) in [4.78, 5) is 0. The summed E-state index contributed by atoms with van der Waals surface area (Å²) in [5.41, 5.74) is 9.04. The average molecular weight is 226 g/mol. The third kappa shape index (κ3) is 2.03. The molecule has 2 unspecified atom stereocenters. The van der Waals surface area contributed by atoms with E-state index in [1.165, 1.54) is 11.1 Å². The van der Waals surface area contributed by atoms with Gasteiger partial charge in [0.1, 0.15) is 0 Å². The molecule has 2 atom stereocenters. The largest absolute Gasteiger partial charge is 0.387 e. The van der Waals surface area contributed by atoms with Crippen LogP contribution >= 0.6 is 11.6 Å².